The summed E-state index contributed by atoms with van der Waals surface area (Å²) in [6.07, 6.45) is 0. The first-order chi connectivity index (χ1) is 5.82. The van der Waals surface area contributed by atoms with Crippen molar-refractivity contribution in [2.45, 2.75) is 25.7 Å². The summed E-state index contributed by atoms with van der Waals surface area (Å²) in [6, 6.07) is 3.46. The summed E-state index contributed by atoms with van der Waals surface area (Å²) in [5.41, 5.74) is 2.16. The zero-order valence-corrected chi connectivity index (χ0v) is 12.8. The Balaban J connectivity index is 0. The van der Waals surface area contributed by atoms with E-state index in [4.69, 9.17) is 4.55 Å². The smallest absolute Gasteiger partial charge is 1.00 e. The van der Waals surface area contributed by atoms with E-state index in [1.807, 2.05) is 6.92 Å². The second kappa shape index (κ2) is 5.20. The molecule has 0 atom stereocenters. The maximum Gasteiger partial charge on any atom is 1.00 e. The van der Waals surface area contributed by atoms with Crippen LogP contribution in [0.5, 0.6) is 0 Å². The van der Waals surface area contributed by atoms with E-state index in [9.17, 15) is 8.42 Å². The Morgan fingerprint density at radius 3 is 1.79 bits per heavy atom. The van der Waals surface area contributed by atoms with Crippen molar-refractivity contribution in [3.05, 3.63) is 28.8 Å². The summed E-state index contributed by atoms with van der Waals surface area (Å²) in [7, 11) is -4.08. The number of rotatable bonds is 1. The summed E-state index contributed by atoms with van der Waals surface area (Å²) in [6.45, 7) is 5.22. The third-order valence-corrected chi connectivity index (χ3v) is 3.02. The SMILES string of the molecule is Cc1cc(C)c(S(=O)(=O)O)c(C)c1.[H-].[K+]. The van der Waals surface area contributed by atoms with Crippen LogP contribution >= 0.6 is 0 Å². The predicted octanol–water partition coefficient (Wildman–Crippen LogP) is -1.02. The number of benzene rings is 1. The first-order valence-electron chi connectivity index (χ1n) is 3.87. The van der Waals surface area contributed by atoms with Crippen LogP contribution in [0.2, 0.25) is 0 Å². The van der Waals surface area contributed by atoms with Gasteiger partial charge in [0.15, 0.2) is 0 Å². The molecule has 0 unspecified atom stereocenters. The Morgan fingerprint density at radius 1 is 1.14 bits per heavy atom. The summed E-state index contributed by atoms with van der Waals surface area (Å²) in [5, 5.41) is 0. The summed E-state index contributed by atoms with van der Waals surface area (Å²) in [5.74, 6) is 0. The van der Waals surface area contributed by atoms with E-state index in [1.165, 1.54) is 0 Å². The third-order valence-electron chi connectivity index (χ3n) is 1.86. The fourth-order valence-corrected chi connectivity index (χ4v) is 2.51. The zero-order chi connectivity index (χ0) is 10.2. The van der Waals surface area contributed by atoms with Gasteiger partial charge in [-0.15, -0.1) is 0 Å². The van der Waals surface area contributed by atoms with E-state index in [2.05, 4.69) is 0 Å². The summed E-state index contributed by atoms with van der Waals surface area (Å²) >= 11 is 0. The molecule has 0 heterocycles. The van der Waals surface area contributed by atoms with Gasteiger partial charge in [-0.25, -0.2) is 0 Å². The van der Waals surface area contributed by atoms with E-state index < -0.39 is 10.1 Å². The number of hydrogen-bond donors (Lipinski definition) is 1. The van der Waals surface area contributed by atoms with Crippen molar-refractivity contribution >= 4 is 10.1 Å². The average Bonchev–Trinajstić information content (AvgIpc) is 1.78. The van der Waals surface area contributed by atoms with Gasteiger partial charge >= 0.3 is 51.4 Å². The van der Waals surface area contributed by atoms with E-state index in [0.29, 0.717) is 11.1 Å². The molecular formula is C9H13KO3S. The van der Waals surface area contributed by atoms with Crippen molar-refractivity contribution < 1.29 is 65.8 Å². The molecule has 14 heavy (non-hydrogen) atoms. The van der Waals surface area contributed by atoms with Crippen LogP contribution < -0.4 is 51.4 Å². The van der Waals surface area contributed by atoms with Gasteiger partial charge in [-0.1, -0.05) is 17.7 Å². The quantitative estimate of drug-likeness (QED) is 0.505. The van der Waals surface area contributed by atoms with Gasteiger partial charge in [-0.05, 0) is 31.9 Å². The van der Waals surface area contributed by atoms with Gasteiger partial charge in [0.2, 0.25) is 0 Å². The van der Waals surface area contributed by atoms with Crippen molar-refractivity contribution in [1.29, 1.82) is 0 Å². The molecule has 1 aromatic rings. The molecule has 0 bridgehead atoms. The van der Waals surface area contributed by atoms with Gasteiger partial charge in [-0.2, -0.15) is 8.42 Å². The van der Waals surface area contributed by atoms with Crippen molar-refractivity contribution in [3.63, 3.8) is 0 Å². The van der Waals surface area contributed by atoms with Crippen LogP contribution in [-0.4, -0.2) is 13.0 Å². The predicted molar refractivity (Wildman–Crippen MR) is 51.6 cm³/mol. The molecule has 0 aromatic heterocycles. The molecule has 0 saturated heterocycles. The topological polar surface area (TPSA) is 54.4 Å². The molecule has 3 nitrogen and oxygen atoms in total. The summed E-state index contributed by atoms with van der Waals surface area (Å²) < 4.78 is 30.8. The molecule has 1 N–H and O–H groups in total. The van der Waals surface area contributed by atoms with Gasteiger partial charge in [0.05, 0.1) is 4.90 Å². The van der Waals surface area contributed by atoms with Gasteiger partial charge in [0, 0.05) is 0 Å². The minimum absolute atomic E-state index is 0. The zero-order valence-electron chi connectivity index (χ0n) is 9.83. The van der Waals surface area contributed by atoms with E-state index >= 15 is 0 Å². The maximum absolute atomic E-state index is 10.9. The standard InChI is InChI=1S/C9H12O3S.K.H/c1-6-4-7(2)9(8(3)5-6)13(10,11)12;;/h4-5H,1-3H3,(H,10,11,12);;/q;+1;-1. The minimum atomic E-state index is -4.08. The monoisotopic (exact) mass is 240 g/mol. The van der Waals surface area contributed by atoms with Crippen LogP contribution in [0.1, 0.15) is 18.1 Å². The van der Waals surface area contributed by atoms with Crippen LogP contribution in [0.3, 0.4) is 0 Å². The van der Waals surface area contributed by atoms with Crippen LogP contribution in [0.4, 0.5) is 0 Å². The fourth-order valence-electron chi connectivity index (χ4n) is 1.57. The number of aryl methyl sites for hydroxylation is 3. The average molecular weight is 240 g/mol. The molecule has 5 heteroatoms. The second-order valence-corrected chi connectivity index (χ2v) is 4.56. The van der Waals surface area contributed by atoms with Crippen molar-refractivity contribution in [2.24, 2.45) is 0 Å². The number of hydrogen-bond acceptors (Lipinski definition) is 2. The first kappa shape index (κ1) is 14.8. The Labute approximate surface area is 129 Å². The van der Waals surface area contributed by atoms with Gasteiger partial charge in [-0.3, -0.25) is 4.55 Å². The molecule has 1 rings (SSSR count). The molecule has 0 radical (unpaired) electrons. The first-order valence-corrected chi connectivity index (χ1v) is 5.31. The van der Waals surface area contributed by atoms with Crippen LogP contribution in [0.15, 0.2) is 17.0 Å². The maximum atomic E-state index is 10.9. The Morgan fingerprint density at radius 2 is 1.50 bits per heavy atom. The van der Waals surface area contributed by atoms with Crippen molar-refractivity contribution in [2.75, 3.05) is 0 Å². The molecule has 0 aliphatic rings. The molecule has 74 valence electrons. The molecule has 0 fully saturated rings. The minimum Gasteiger partial charge on any atom is -1.00 e. The second-order valence-electron chi connectivity index (χ2n) is 3.20. The van der Waals surface area contributed by atoms with Gasteiger partial charge in [0.25, 0.3) is 10.1 Å². The molecule has 0 saturated carbocycles. The molecule has 0 spiro atoms. The molecule has 0 amide bonds. The van der Waals surface area contributed by atoms with Crippen LogP contribution in [-0.2, 0) is 10.1 Å². The Kier molecular flexibility index (Phi) is 5.49. The Hall–Kier alpha value is 0.766. The van der Waals surface area contributed by atoms with Crippen molar-refractivity contribution in [1.82, 2.24) is 0 Å². The van der Waals surface area contributed by atoms with Gasteiger partial charge in [0.1, 0.15) is 0 Å². The third kappa shape index (κ3) is 3.41. The van der Waals surface area contributed by atoms with Crippen molar-refractivity contribution in [3.8, 4) is 0 Å². The largest absolute Gasteiger partial charge is 1.00 e. The summed E-state index contributed by atoms with van der Waals surface area (Å²) in [4.78, 5) is 0.0260. The molecule has 0 aliphatic carbocycles. The van der Waals surface area contributed by atoms with Crippen LogP contribution in [0, 0.1) is 20.8 Å². The van der Waals surface area contributed by atoms with E-state index in [1.54, 1.807) is 26.0 Å². The van der Waals surface area contributed by atoms with Gasteiger partial charge < -0.3 is 1.43 Å². The van der Waals surface area contributed by atoms with Crippen LogP contribution in [0.25, 0.3) is 0 Å². The van der Waals surface area contributed by atoms with E-state index in [-0.39, 0.29) is 57.7 Å². The normalized spacial score (nSPS) is 10.9. The molecule has 0 aliphatic heterocycles. The Bertz CT molecular complexity index is 420. The molecular weight excluding hydrogens is 227 g/mol. The molecule has 1 aromatic carbocycles. The fraction of sp³-hybridized carbons (Fsp3) is 0.333. The van der Waals surface area contributed by atoms with E-state index in [0.717, 1.165) is 5.56 Å².